The first-order valence-electron chi connectivity index (χ1n) is 39.0. The van der Waals surface area contributed by atoms with E-state index in [-0.39, 0.29) is 4.90 Å². The summed E-state index contributed by atoms with van der Waals surface area (Å²) in [6, 6.07) is -45.4. The number of hydrogen-bond donors (Lipinski definition) is 0. The van der Waals surface area contributed by atoms with E-state index in [4.69, 9.17) is 34.6 Å². The second-order valence-electron chi connectivity index (χ2n) is 13.8. The normalized spacial score (nSPS) is 20.3. The van der Waals surface area contributed by atoms with E-state index in [0.717, 1.165) is 0 Å². The van der Waals surface area contributed by atoms with Gasteiger partial charge in [-0.15, -0.1) is 0 Å². The molecule has 2 aromatic heterocycles. The number of para-hydroxylation sites is 3. The largest absolute Gasteiger partial charge is 0.455 e. The van der Waals surface area contributed by atoms with Gasteiger partial charge in [0.15, 0.2) is 0 Å². The predicted octanol–water partition coefficient (Wildman–Crippen LogP) is 17.5. The Morgan fingerprint density at radius 3 is 1.58 bits per heavy atom. The van der Waals surface area contributed by atoms with Gasteiger partial charge >= 0.3 is 0 Å². The van der Waals surface area contributed by atoms with Gasteiger partial charge in [-0.1, -0.05) is 169 Å². The highest BCUT2D eigenvalue weighted by Crippen LogP contribution is 2.48. The molecule has 0 spiro atoms. The highest BCUT2D eigenvalue weighted by Gasteiger charge is 2.24. The highest BCUT2D eigenvalue weighted by molar-refractivity contribution is 6.15. The van der Waals surface area contributed by atoms with Crippen LogP contribution in [0.5, 0.6) is 0 Å². The van der Waals surface area contributed by atoms with Gasteiger partial charge < -0.3 is 13.9 Å². The summed E-state index contributed by atoms with van der Waals surface area (Å²) < 4.78 is 377. The first kappa shape index (κ1) is 14.7. The van der Waals surface area contributed by atoms with Crippen LogP contribution in [0.25, 0.3) is 104 Å². The van der Waals surface area contributed by atoms with E-state index in [1.165, 1.54) is 0 Å². The van der Waals surface area contributed by atoms with Crippen molar-refractivity contribution in [3.63, 3.8) is 0 Å². The van der Waals surface area contributed by atoms with Crippen molar-refractivity contribution in [3.8, 4) is 39.1 Å². The van der Waals surface area contributed by atoms with Gasteiger partial charge in [-0.3, -0.25) is 0 Å². The Morgan fingerprint density at radius 2 is 0.892 bits per heavy atom. The van der Waals surface area contributed by atoms with Gasteiger partial charge in [0.1, 0.15) is 11.2 Å². The van der Waals surface area contributed by atoms with E-state index < -0.39 is 363 Å². The predicted molar refractivity (Wildman–Crippen MR) is 274 cm³/mol. The average molecular weight is 869 g/mol. The van der Waals surface area contributed by atoms with Gasteiger partial charge in [0.25, 0.3) is 0 Å². The van der Waals surface area contributed by atoms with Crippen molar-refractivity contribution in [2.45, 2.75) is 0 Å². The highest BCUT2D eigenvalue weighted by atomic mass is 16.3. The summed E-state index contributed by atoms with van der Waals surface area (Å²) in [5, 5.41) is -5.74. The third-order valence-corrected chi connectivity index (χ3v) is 10.2. The van der Waals surface area contributed by atoms with Crippen LogP contribution in [0.3, 0.4) is 0 Å². The first-order valence-corrected chi connectivity index (χ1v) is 19.0. The molecule has 0 atom stereocenters. The average Bonchev–Trinajstić information content (AvgIpc) is 1.69. The summed E-state index contributed by atoms with van der Waals surface area (Å²) in [6.07, 6.45) is 0. The zero-order valence-corrected chi connectivity index (χ0v) is 32.3. The Balaban J connectivity index is 1.28. The molecule has 0 amide bonds. The third-order valence-electron chi connectivity index (χ3n) is 10.2. The minimum atomic E-state index is -1.50. The monoisotopic (exact) mass is 869 g/mol. The van der Waals surface area contributed by atoms with Crippen LogP contribution >= 0.6 is 0 Å². The maximum atomic E-state index is 10.3. The summed E-state index contributed by atoms with van der Waals surface area (Å²) >= 11 is 0. The molecule has 13 aromatic rings. The molecule has 0 unspecified atom stereocenters. The number of fused-ring (bicyclic) bond motifs is 9. The second kappa shape index (κ2) is 15.0. The van der Waals surface area contributed by atoms with Crippen LogP contribution in [-0.2, 0) is 0 Å². The lowest BCUT2D eigenvalue weighted by atomic mass is 9.93. The molecule has 0 radical (unpaired) electrons. The fraction of sp³-hybridized carbons (Fsp3) is 0. The fourth-order valence-electron chi connectivity index (χ4n) is 7.45. The lowest BCUT2D eigenvalue weighted by Crippen LogP contribution is -2.11. The number of nitrogens with zero attached hydrogens (tertiary/aromatic N) is 2. The molecular formula is C62H40N2O. The van der Waals surface area contributed by atoms with E-state index in [9.17, 15) is 24.7 Å². The number of benzene rings is 11. The molecule has 11 aromatic carbocycles. The van der Waals surface area contributed by atoms with Gasteiger partial charge in [0.2, 0.25) is 0 Å². The lowest BCUT2D eigenvalue weighted by Gasteiger charge is -2.28. The molecule has 3 nitrogen and oxygen atoms in total. The van der Waals surface area contributed by atoms with Gasteiger partial charge in [0, 0.05) is 44.2 Å². The van der Waals surface area contributed by atoms with Gasteiger partial charge in [-0.25, -0.2) is 0 Å². The molecule has 0 saturated heterocycles. The molecule has 0 fully saturated rings. The van der Waals surface area contributed by atoms with Crippen molar-refractivity contribution in [2.24, 2.45) is 0 Å². The lowest BCUT2D eigenvalue weighted by molar-refractivity contribution is 0.670. The van der Waals surface area contributed by atoms with Crippen LogP contribution in [-0.4, -0.2) is 4.57 Å². The Hall–Kier alpha value is -8.66. The molecule has 0 aliphatic carbocycles. The summed E-state index contributed by atoms with van der Waals surface area (Å²) in [7, 11) is 0. The Labute approximate surface area is 432 Å². The molecule has 2 heterocycles. The standard InChI is InChI=1S/C62H40N2O/c1-2-14-41(15-3-1)42-26-32-46(33-27-42)63(47-34-28-43(29-35-47)56-40-45-16-4-5-17-49(45)50-18-6-7-19-51(50)56)59-39-38-55-54-22-10-13-25-60(54)65-62(55)61(59)44-30-36-48(37-31-44)64-57-23-11-8-20-52(57)53-21-9-12-24-58(53)64/h1-40H/i1D,2D,3D,4D,5D,6D,7D,8D,9D,10D,11D,12D,13D,14D,15D,16D,17D,18D,19D,20D,21D,22D,23D,24D,25D,26D,27D,28D,29D,30D,31D,32D,33D,34D,35D,36D,37D,38D,39D,40D. The van der Waals surface area contributed by atoms with Crippen molar-refractivity contribution < 1.29 is 59.2 Å². The molecule has 65 heavy (non-hydrogen) atoms. The van der Waals surface area contributed by atoms with Crippen LogP contribution < -0.4 is 4.90 Å². The maximum Gasteiger partial charge on any atom is 0.145 e. The molecule has 3 heteroatoms. The molecule has 304 valence electrons. The van der Waals surface area contributed by atoms with Crippen molar-refractivity contribution in [3.05, 3.63) is 242 Å². The molecular weight excluding hydrogens is 789 g/mol. The van der Waals surface area contributed by atoms with Gasteiger partial charge in [0.05, 0.1) is 71.6 Å². The number of aromatic nitrogens is 1. The summed E-state index contributed by atoms with van der Waals surface area (Å²) in [4.78, 5) is 0.205. The zero-order chi connectivity index (χ0) is 77.7. The van der Waals surface area contributed by atoms with Crippen LogP contribution in [0.2, 0.25) is 0 Å². The van der Waals surface area contributed by atoms with E-state index in [2.05, 4.69) is 0 Å². The number of hydrogen-bond acceptors (Lipinski definition) is 2. The van der Waals surface area contributed by atoms with Crippen LogP contribution in [0.15, 0.2) is 246 Å². The fourth-order valence-corrected chi connectivity index (χ4v) is 7.45. The van der Waals surface area contributed by atoms with Crippen molar-refractivity contribution >= 4 is 82.4 Å². The van der Waals surface area contributed by atoms with Crippen LogP contribution in [0.4, 0.5) is 17.1 Å². The SMILES string of the molecule is [2H]c1c([2H])c([2H])c(-c2c([2H])c([2H])c(N(c3c([2H])c([2H])c(-c4c([2H])c5c([2H])c([2H])c([2H])c([2H])c5c5c([2H])c([2H])c([2H])c([2H])c45)c([2H])c3[2H])c3c([2H])c([2H])c4c(oc5c([2H])c([2H])c([2H])c([2H])c54)c3-c3c([2H])c([2H])c(-n4c5c([2H])c([2H])c([2H])c([2H])c5c5c([2H])c([2H])c([2H])c([2H])c54)c([2H])c3[2H])c([2H])c2[2H])c([2H])c1[2H]. The van der Waals surface area contributed by atoms with E-state index in [1.54, 1.807) is 0 Å². The Bertz CT molecular complexity index is 6160. The Morgan fingerprint density at radius 1 is 0.369 bits per heavy atom. The first-order chi connectivity index (χ1) is 48.9. The van der Waals surface area contributed by atoms with E-state index >= 15 is 0 Å². The smallest absolute Gasteiger partial charge is 0.145 e. The Kier molecular flexibility index (Phi) is 3.39. The van der Waals surface area contributed by atoms with E-state index in [0.29, 0.717) is 4.57 Å². The number of rotatable bonds is 7. The summed E-state index contributed by atoms with van der Waals surface area (Å²) in [5.74, 6) is 0. The van der Waals surface area contributed by atoms with Crippen molar-refractivity contribution in [2.75, 3.05) is 4.90 Å². The molecule has 13 rings (SSSR count). The number of furan rings is 1. The molecule has 0 saturated carbocycles. The van der Waals surface area contributed by atoms with Crippen LogP contribution in [0, 0.1) is 0 Å². The molecule has 0 aliphatic heterocycles. The minimum Gasteiger partial charge on any atom is -0.455 e. The summed E-state index contributed by atoms with van der Waals surface area (Å²) in [6.45, 7) is 0. The van der Waals surface area contributed by atoms with Gasteiger partial charge in [-0.05, 0) is 122 Å². The van der Waals surface area contributed by atoms with Crippen molar-refractivity contribution in [1.82, 2.24) is 4.57 Å². The molecule has 0 aliphatic rings. The second-order valence-corrected chi connectivity index (χ2v) is 13.8. The summed E-state index contributed by atoms with van der Waals surface area (Å²) in [5.41, 5.74) is -15.1. The molecule has 0 N–H and O–H groups in total. The van der Waals surface area contributed by atoms with Crippen molar-refractivity contribution in [1.29, 1.82) is 0 Å². The third kappa shape index (κ3) is 6.05. The minimum absolute atomic E-state index is 0.205. The van der Waals surface area contributed by atoms with Crippen LogP contribution in [0.1, 0.15) is 54.8 Å². The van der Waals surface area contributed by atoms with E-state index in [1.807, 2.05) is 0 Å². The topological polar surface area (TPSA) is 21.3 Å². The molecule has 0 bridgehead atoms. The zero-order valence-electron chi connectivity index (χ0n) is 72.3. The number of anilines is 3. The quantitative estimate of drug-likeness (QED) is 0.149. The van der Waals surface area contributed by atoms with Gasteiger partial charge in [-0.2, -0.15) is 0 Å². The maximum absolute atomic E-state index is 10.3.